The maximum absolute atomic E-state index is 13.8. The first kappa shape index (κ1) is 16.9. The summed E-state index contributed by atoms with van der Waals surface area (Å²) in [5.74, 6) is 0.127. The van der Waals surface area contributed by atoms with E-state index in [0.29, 0.717) is 4.47 Å². The van der Waals surface area contributed by atoms with Crippen LogP contribution in [-0.4, -0.2) is 37.8 Å². The molecule has 1 aromatic carbocycles. The first-order chi connectivity index (χ1) is 8.80. The highest BCUT2D eigenvalue weighted by Crippen LogP contribution is 2.24. The largest absolute Gasteiger partial charge is 0.245 e. The van der Waals surface area contributed by atoms with Crippen LogP contribution in [0.25, 0.3) is 0 Å². The fraction of sp³-hybridized carbons (Fsp3) is 0.500. The summed E-state index contributed by atoms with van der Waals surface area (Å²) in [6.45, 7) is 1.82. The van der Waals surface area contributed by atoms with Crippen molar-refractivity contribution in [1.82, 2.24) is 4.31 Å². The minimum Gasteiger partial charge on any atom is -0.207 e. The number of nitrogens with zero attached hydrogens (tertiary/aromatic N) is 1. The molecule has 19 heavy (non-hydrogen) atoms. The van der Waals surface area contributed by atoms with Gasteiger partial charge in [-0.15, -0.1) is 0 Å². The average molecular weight is 370 g/mol. The lowest BCUT2D eigenvalue weighted by Gasteiger charge is -2.24. The Labute approximate surface area is 126 Å². The number of hydrogen-bond donors (Lipinski definition) is 0. The van der Waals surface area contributed by atoms with Gasteiger partial charge in [0.1, 0.15) is 10.7 Å². The maximum Gasteiger partial charge on any atom is 0.245 e. The van der Waals surface area contributed by atoms with E-state index < -0.39 is 15.8 Å². The number of rotatable bonds is 6. The predicted molar refractivity (Wildman–Crippen MR) is 81.5 cm³/mol. The zero-order valence-electron chi connectivity index (χ0n) is 11.1. The zero-order chi connectivity index (χ0) is 14.6. The van der Waals surface area contributed by atoms with Gasteiger partial charge in [-0.1, -0.05) is 15.9 Å². The van der Waals surface area contributed by atoms with E-state index in [1.54, 1.807) is 11.8 Å². The van der Waals surface area contributed by atoms with Gasteiger partial charge in [-0.25, -0.2) is 12.8 Å². The summed E-state index contributed by atoms with van der Waals surface area (Å²) in [4.78, 5) is -0.283. The first-order valence-corrected chi connectivity index (χ1v) is 9.35. The van der Waals surface area contributed by atoms with Crippen LogP contribution in [-0.2, 0) is 10.0 Å². The third-order valence-electron chi connectivity index (χ3n) is 2.91. The molecule has 0 fully saturated rings. The molecule has 1 rings (SSSR count). The van der Waals surface area contributed by atoms with Gasteiger partial charge in [0.05, 0.1) is 0 Å². The van der Waals surface area contributed by atoms with Gasteiger partial charge >= 0.3 is 0 Å². The van der Waals surface area contributed by atoms with E-state index >= 15 is 0 Å². The molecule has 108 valence electrons. The minimum atomic E-state index is -3.79. The van der Waals surface area contributed by atoms with Crippen molar-refractivity contribution < 1.29 is 12.8 Å². The van der Waals surface area contributed by atoms with Crippen LogP contribution in [0.5, 0.6) is 0 Å². The molecule has 1 aromatic rings. The van der Waals surface area contributed by atoms with Gasteiger partial charge in [0.25, 0.3) is 0 Å². The molecule has 0 heterocycles. The Balaban J connectivity index is 3.02. The van der Waals surface area contributed by atoms with E-state index in [4.69, 9.17) is 0 Å². The van der Waals surface area contributed by atoms with Crippen molar-refractivity contribution >= 4 is 37.7 Å². The molecule has 3 nitrogen and oxygen atoms in total. The van der Waals surface area contributed by atoms with Crippen molar-refractivity contribution in [3.05, 3.63) is 28.5 Å². The fourth-order valence-corrected chi connectivity index (χ4v) is 3.89. The summed E-state index contributed by atoms with van der Waals surface area (Å²) in [6, 6.07) is 3.80. The van der Waals surface area contributed by atoms with Crippen molar-refractivity contribution in [3.8, 4) is 0 Å². The van der Waals surface area contributed by atoms with Crippen molar-refractivity contribution in [2.45, 2.75) is 24.3 Å². The monoisotopic (exact) mass is 369 g/mol. The van der Waals surface area contributed by atoms with Crippen LogP contribution in [0.3, 0.4) is 0 Å². The molecule has 0 amide bonds. The molecule has 0 aliphatic heterocycles. The number of thioether (sulfide) groups is 1. The van der Waals surface area contributed by atoms with Gasteiger partial charge in [0, 0.05) is 17.6 Å². The van der Waals surface area contributed by atoms with Crippen LogP contribution in [0, 0.1) is 5.82 Å². The molecule has 0 aliphatic rings. The van der Waals surface area contributed by atoms with Crippen molar-refractivity contribution in [3.63, 3.8) is 0 Å². The highest BCUT2D eigenvalue weighted by atomic mass is 79.9. The van der Waals surface area contributed by atoms with E-state index in [2.05, 4.69) is 15.9 Å². The van der Waals surface area contributed by atoms with Crippen LogP contribution in [0.2, 0.25) is 0 Å². The van der Waals surface area contributed by atoms with Gasteiger partial charge < -0.3 is 0 Å². The van der Waals surface area contributed by atoms with E-state index in [-0.39, 0.29) is 10.9 Å². The Morgan fingerprint density at radius 2 is 2.11 bits per heavy atom. The normalized spacial score (nSPS) is 13.8. The van der Waals surface area contributed by atoms with Gasteiger partial charge in [0.2, 0.25) is 10.0 Å². The van der Waals surface area contributed by atoms with Crippen LogP contribution >= 0.6 is 27.7 Å². The molecule has 0 saturated heterocycles. The fourth-order valence-electron chi connectivity index (χ4n) is 1.55. The van der Waals surface area contributed by atoms with Crippen LogP contribution in [0.4, 0.5) is 4.39 Å². The van der Waals surface area contributed by atoms with Gasteiger partial charge in [-0.3, -0.25) is 0 Å². The highest BCUT2D eigenvalue weighted by molar-refractivity contribution is 9.10. The second-order valence-electron chi connectivity index (χ2n) is 4.23. The molecule has 0 bridgehead atoms. The summed E-state index contributed by atoms with van der Waals surface area (Å²) in [6.07, 6.45) is 2.70. The maximum atomic E-state index is 13.8. The van der Waals surface area contributed by atoms with Crippen molar-refractivity contribution in [1.29, 1.82) is 0 Å². The number of sulfonamides is 1. The van der Waals surface area contributed by atoms with Crippen molar-refractivity contribution in [2.24, 2.45) is 0 Å². The second kappa shape index (κ2) is 7.06. The SMILES string of the molecule is CSCCC(C)N(C)S(=O)(=O)c1ccc(Br)cc1F. The molecule has 1 unspecified atom stereocenters. The summed E-state index contributed by atoms with van der Waals surface area (Å²) < 4.78 is 40.2. The average Bonchev–Trinajstić information content (AvgIpc) is 2.34. The molecular weight excluding hydrogens is 353 g/mol. The molecule has 0 saturated carbocycles. The zero-order valence-corrected chi connectivity index (χ0v) is 14.3. The quantitative estimate of drug-likeness (QED) is 0.771. The summed E-state index contributed by atoms with van der Waals surface area (Å²) in [5.41, 5.74) is 0. The molecule has 0 spiro atoms. The number of halogens is 2. The Morgan fingerprint density at radius 1 is 1.47 bits per heavy atom. The lowest BCUT2D eigenvalue weighted by molar-refractivity contribution is 0.380. The lowest BCUT2D eigenvalue weighted by Crippen LogP contribution is -2.35. The molecule has 0 radical (unpaired) electrons. The van der Waals surface area contributed by atoms with Gasteiger partial charge in [0.15, 0.2) is 0 Å². The van der Waals surface area contributed by atoms with Crippen LogP contribution in [0.15, 0.2) is 27.6 Å². The van der Waals surface area contributed by atoms with Gasteiger partial charge in [-0.2, -0.15) is 16.1 Å². The lowest BCUT2D eigenvalue weighted by atomic mass is 10.3. The second-order valence-corrected chi connectivity index (χ2v) is 8.09. The summed E-state index contributed by atoms with van der Waals surface area (Å²) >= 11 is 4.77. The van der Waals surface area contributed by atoms with E-state index in [0.717, 1.165) is 18.2 Å². The summed E-state index contributed by atoms with van der Waals surface area (Å²) in [5, 5.41) is 0. The van der Waals surface area contributed by atoms with Crippen LogP contribution < -0.4 is 0 Å². The Morgan fingerprint density at radius 3 is 2.63 bits per heavy atom. The number of benzene rings is 1. The topological polar surface area (TPSA) is 37.4 Å². The highest BCUT2D eigenvalue weighted by Gasteiger charge is 2.27. The van der Waals surface area contributed by atoms with Crippen LogP contribution in [0.1, 0.15) is 13.3 Å². The standard InChI is InChI=1S/C12H17BrFNO2S2/c1-9(6-7-18-3)15(2)19(16,17)12-5-4-10(13)8-11(12)14/h4-5,8-9H,6-7H2,1-3H3. The molecule has 0 aromatic heterocycles. The molecule has 0 aliphatic carbocycles. The minimum absolute atomic E-state index is 0.166. The third kappa shape index (κ3) is 4.18. The molecule has 1 atom stereocenters. The van der Waals surface area contributed by atoms with Gasteiger partial charge in [-0.05, 0) is 43.6 Å². The number of hydrogen-bond acceptors (Lipinski definition) is 3. The van der Waals surface area contributed by atoms with E-state index in [1.165, 1.54) is 23.5 Å². The molecule has 0 N–H and O–H groups in total. The Kier molecular flexibility index (Phi) is 6.29. The Bertz CT molecular complexity index is 537. The third-order valence-corrected chi connectivity index (χ3v) is 6.05. The first-order valence-electron chi connectivity index (χ1n) is 5.72. The smallest absolute Gasteiger partial charge is 0.207 e. The van der Waals surface area contributed by atoms with E-state index in [1.807, 2.05) is 13.2 Å². The summed E-state index contributed by atoms with van der Waals surface area (Å²) in [7, 11) is -2.30. The predicted octanol–water partition coefficient (Wildman–Crippen LogP) is 3.35. The molecular formula is C12H17BrFNO2S2. The molecule has 7 heteroatoms. The van der Waals surface area contributed by atoms with E-state index in [9.17, 15) is 12.8 Å². The Hall–Kier alpha value is -0.110. The van der Waals surface area contributed by atoms with Crippen molar-refractivity contribution in [2.75, 3.05) is 19.1 Å².